The number of fused-ring (bicyclic) bond motifs is 5. The van der Waals surface area contributed by atoms with Gasteiger partial charge in [-0.05, 0) is 70.0 Å². The topological polar surface area (TPSA) is 58.9 Å². The Labute approximate surface area is 191 Å². The van der Waals surface area contributed by atoms with Crippen LogP contribution in [0.25, 0.3) is 0 Å². The van der Waals surface area contributed by atoms with Crippen molar-refractivity contribution >= 4 is 8.32 Å². The van der Waals surface area contributed by atoms with E-state index in [-0.39, 0.29) is 12.2 Å². The fourth-order valence-corrected chi connectivity index (χ4v) is 10.1. The van der Waals surface area contributed by atoms with Crippen LogP contribution in [0.2, 0.25) is 18.1 Å². The molecule has 3 rings (SSSR count). The smallest absolute Gasteiger partial charge is 0.192 e. The maximum Gasteiger partial charge on any atom is 0.192 e. The fourth-order valence-electron chi connectivity index (χ4n) is 6.94. The van der Waals surface area contributed by atoms with Crippen LogP contribution in [0.4, 0.5) is 0 Å². The second-order valence-corrected chi connectivity index (χ2v) is 16.3. The SMILES string of the molecule is CC[Si](CC)(CC)O[C@]1(C)CC[C@H](O)[C@@](C)(O)C[C@H]2O[C@@H]1[C@H]1[C@@H]2C(C)=CC[C@@H]1C(C)C. The Hall–Kier alpha value is -0.203. The highest BCUT2D eigenvalue weighted by Gasteiger charge is 2.59. The van der Waals surface area contributed by atoms with Gasteiger partial charge in [-0.1, -0.05) is 46.3 Å². The molecule has 0 aromatic carbocycles. The normalized spacial score (nSPS) is 43.8. The van der Waals surface area contributed by atoms with E-state index in [1.165, 1.54) is 5.57 Å². The lowest BCUT2D eigenvalue weighted by Gasteiger charge is -2.48. The molecule has 3 aliphatic rings. The molecule has 2 fully saturated rings. The second-order valence-electron chi connectivity index (χ2n) is 11.6. The molecule has 0 saturated carbocycles. The molecular weight excluding hydrogens is 404 g/mol. The van der Waals surface area contributed by atoms with E-state index in [2.05, 4.69) is 54.5 Å². The third-order valence-electron chi connectivity index (χ3n) is 9.31. The molecule has 2 saturated heterocycles. The molecule has 2 bridgehead atoms. The Morgan fingerprint density at radius 1 is 1.19 bits per heavy atom. The minimum atomic E-state index is -1.89. The molecule has 2 heterocycles. The molecule has 180 valence electrons. The van der Waals surface area contributed by atoms with E-state index in [0.717, 1.165) is 31.0 Å². The Kier molecular flexibility index (Phi) is 7.55. The van der Waals surface area contributed by atoms with Crippen LogP contribution in [0.5, 0.6) is 0 Å². The third kappa shape index (κ3) is 4.59. The third-order valence-corrected chi connectivity index (χ3v) is 14.1. The van der Waals surface area contributed by atoms with Crippen molar-refractivity contribution in [2.24, 2.45) is 23.7 Å². The summed E-state index contributed by atoms with van der Waals surface area (Å²) >= 11 is 0. The van der Waals surface area contributed by atoms with Crippen LogP contribution in [0.15, 0.2) is 11.6 Å². The largest absolute Gasteiger partial charge is 0.409 e. The number of allylic oxidation sites excluding steroid dienone is 1. The van der Waals surface area contributed by atoms with Crippen LogP contribution in [0.3, 0.4) is 0 Å². The summed E-state index contributed by atoms with van der Waals surface area (Å²) in [5.41, 5.74) is -0.180. The highest BCUT2D eigenvalue weighted by Crippen LogP contribution is 2.55. The summed E-state index contributed by atoms with van der Waals surface area (Å²) in [6, 6.07) is 3.31. The first-order valence-electron chi connectivity index (χ1n) is 12.9. The van der Waals surface area contributed by atoms with E-state index in [1.54, 1.807) is 6.92 Å². The predicted molar refractivity (Wildman–Crippen MR) is 130 cm³/mol. The molecule has 0 unspecified atom stereocenters. The van der Waals surface area contributed by atoms with Gasteiger partial charge in [-0.2, -0.15) is 0 Å². The molecule has 0 aromatic rings. The fraction of sp³-hybridized carbons (Fsp3) is 0.923. The maximum atomic E-state index is 11.2. The molecule has 0 aromatic heterocycles. The van der Waals surface area contributed by atoms with Crippen molar-refractivity contribution in [1.82, 2.24) is 0 Å². The van der Waals surface area contributed by atoms with Gasteiger partial charge in [-0.15, -0.1) is 0 Å². The van der Waals surface area contributed by atoms with Crippen LogP contribution < -0.4 is 0 Å². The number of hydrogen-bond donors (Lipinski definition) is 2. The van der Waals surface area contributed by atoms with Gasteiger partial charge in [-0.25, -0.2) is 0 Å². The van der Waals surface area contributed by atoms with E-state index in [0.29, 0.717) is 36.5 Å². The minimum Gasteiger partial charge on any atom is -0.409 e. The summed E-state index contributed by atoms with van der Waals surface area (Å²) in [6.07, 6.45) is 4.45. The molecule has 1 aliphatic carbocycles. The van der Waals surface area contributed by atoms with Gasteiger partial charge < -0.3 is 19.4 Å². The average molecular weight is 453 g/mol. The Bertz CT molecular complexity index is 648. The average Bonchev–Trinajstić information content (AvgIpc) is 3.11. The van der Waals surface area contributed by atoms with Crippen molar-refractivity contribution in [2.75, 3.05) is 0 Å². The first-order valence-corrected chi connectivity index (χ1v) is 15.4. The number of aliphatic hydroxyl groups is 2. The van der Waals surface area contributed by atoms with Gasteiger partial charge in [-0.3, -0.25) is 0 Å². The maximum absolute atomic E-state index is 11.2. The molecule has 31 heavy (non-hydrogen) atoms. The number of rotatable bonds is 6. The van der Waals surface area contributed by atoms with Crippen molar-refractivity contribution in [3.05, 3.63) is 11.6 Å². The van der Waals surface area contributed by atoms with Crippen LogP contribution in [-0.2, 0) is 9.16 Å². The number of aliphatic hydroxyl groups excluding tert-OH is 1. The zero-order valence-electron chi connectivity index (χ0n) is 21.3. The monoisotopic (exact) mass is 452 g/mol. The number of ether oxygens (including phenoxy) is 1. The zero-order chi connectivity index (χ0) is 23.2. The molecule has 5 heteroatoms. The molecule has 2 aliphatic heterocycles. The van der Waals surface area contributed by atoms with Crippen LogP contribution in [0.1, 0.15) is 81.1 Å². The van der Waals surface area contributed by atoms with Gasteiger partial charge in [0.05, 0.1) is 29.5 Å². The van der Waals surface area contributed by atoms with Crippen LogP contribution in [0, 0.1) is 23.7 Å². The Morgan fingerprint density at radius 2 is 1.81 bits per heavy atom. The molecule has 8 atom stereocenters. The second kappa shape index (κ2) is 9.21. The summed E-state index contributed by atoms with van der Waals surface area (Å²) in [4.78, 5) is 0. The lowest BCUT2D eigenvalue weighted by atomic mass is 9.62. The molecule has 4 nitrogen and oxygen atoms in total. The van der Waals surface area contributed by atoms with Crippen molar-refractivity contribution in [3.8, 4) is 0 Å². The molecule has 0 spiro atoms. The van der Waals surface area contributed by atoms with Crippen molar-refractivity contribution in [3.63, 3.8) is 0 Å². The van der Waals surface area contributed by atoms with Gasteiger partial charge in [0, 0.05) is 18.3 Å². The molecule has 0 amide bonds. The van der Waals surface area contributed by atoms with E-state index in [1.807, 2.05) is 0 Å². The van der Waals surface area contributed by atoms with Crippen molar-refractivity contribution in [1.29, 1.82) is 0 Å². The molecule has 2 N–H and O–H groups in total. The minimum absolute atomic E-state index is 0.0103. The van der Waals surface area contributed by atoms with Gasteiger partial charge in [0.25, 0.3) is 0 Å². The Balaban J connectivity index is 2.11. The molecular formula is C26H48O4Si. The lowest BCUT2D eigenvalue weighted by molar-refractivity contribution is -0.113. The van der Waals surface area contributed by atoms with Gasteiger partial charge in [0.15, 0.2) is 8.32 Å². The van der Waals surface area contributed by atoms with Crippen molar-refractivity contribution in [2.45, 2.75) is 129 Å². The van der Waals surface area contributed by atoms with Crippen LogP contribution >= 0.6 is 0 Å². The first-order chi connectivity index (χ1) is 14.4. The summed E-state index contributed by atoms with van der Waals surface area (Å²) in [7, 11) is -1.89. The number of hydrogen-bond acceptors (Lipinski definition) is 4. The highest BCUT2D eigenvalue weighted by molar-refractivity contribution is 6.73. The summed E-state index contributed by atoms with van der Waals surface area (Å²) in [5, 5.41) is 22.1. The highest BCUT2D eigenvalue weighted by atomic mass is 28.4. The van der Waals surface area contributed by atoms with E-state index in [9.17, 15) is 10.2 Å². The lowest BCUT2D eigenvalue weighted by Crippen LogP contribution is -2.56. The van der Waals surface area contributed by atoms with E-state index >= 15 is 0 Å². The van der Waals surface area contributed by atoms with E-state index in [4.69, 9.17) is 9.16 Å². The van der Waals surface area contributed by atoms with E-state index < -0.39 is 25.6 Å². The van der Waals surface area contributed by atoms with Gasteiger partial charge in [0.1, 0.15) is 0 Å². The van der Waals surface area contributed by atoms with Crippen molar-refractivity contribution < 1.29 is 19.4 Å². The summed E-state index contributed by atoms with van der Waals surface area (Å²) in [5.74, 6) is 1.84. The standard InChI is InChI=1S/C26H48O4Si/c1-9-31(10-2,11-3)30-26(8)15-14-21(27)25(7,28)16-20-22-18(6)12-13-19(17(4)5)23(22)24(26)29-20/h12,17,19-24,27-28H,9-11,13-16H2,1-8H3/t19-,20-,21+,22-,23-,24-,25+,26-/m1/s1. The summed E-state index contributed by atoms with van der Waals surface area (Å²) in [6.45, 7) is 17.8. The zero-order valence-corrected chi connectivity index (χ0v) is 22.3. The predicted octanol–water partition coefficient (Wildman–Crippen LogP) is 5.68. The Morgan fingerprint density at radius 3 is 2.35 bits per heavy atom. The van der Waals surface area contributed by atoms with Gasteiger partial charge >= 0.3 is 0 Å². The van der Waals surface area contributed by atoms with Crippen LogP contribution in [-0.4, -0.2) is 48.0 Å². The summed E-state index contributed by atoms with van der Waals surface area (Å²) < 4.78 is 14.2. The first kappa shape index (κ1) is 25.4. The molecule has 0 radical (unpaired) electrons. The van der Waals surface area contributed by atoms with Gasteiger partial charge in [0.2, 0.25) is 0 Å². The quantitative estimate of drug-likeness (QED) is 0.402.